The first-order valence-electron chi connectivity index (χ1n) is 16.6. The molecule has 6 nitrogen and oxygen atoms in total. The Morgan fingerprint density at radius 2 is 1.49 bits per heavy atom. The minimum atomic E-state index is -0.905. The summed E-state index contributed by atoms with van der Waals surface area (Å²) in [4.78, 5) is 12.9. The van der Waals surface area contributed by atoms with Crippen LogP contribution in [0.4, 0.5) is 0 Å². The van der Waals surface area contributed by atoms with E-state index in [9.17, 15) is 20.1 Å². The first-order chi connectivity index (χ1) is 18.6. The van der Waals surface area contributed by atoms with Crippen LogP contribution in [0.1, 0.15) is 127 Å². The summed E-state index contributed by atoms with van der Waals surface area (Å²) in [5.74, 6) is 0.301. The highest BCUT2D eigenvalue weighted by Crippen LogP contribution is 2.89. The summed E-state index contributed by atoms with van der Waals surface area (Å²) in [5.41, 5.74) is -2.19. The largest absolute Gasteiger partial charge is 0.461 e. The molecule has 0 radical (unpaired) electrons. The van der Waals surface area contributed by atoms with Crippen LogP contribution in [0.3, 0.4) is 0 Å². The monoisotopic (exact) mass is 574 g/mol. The Labute approximate surface area is 248 Å². The van der Waals surface area contributed by atoms with E-state index in [0.29, 0.717) is 5.92 Å². The van der Waals surface area contributed by atoms with Gasteiger partial charge in [0.15, 0.2) is 0 Å². The predicted octanol–water partition coefficient (Wildman–Crippen LogP) is 6.03. The van der Waals surface area contributed by atoms with Crippen LogP contribution in [0.2, 0.25) is 0 Å². The summed E-state index contributed by atoms with van der Waals surface area (Å²) in [7, 11) is 0. The van der Waals surface area contributed by atoms with Crippen LogP contribution >= 0.6 is 0 Å². The molecule has 1 heterocycles. The highest BCUT2D eigenvalue weighted by atomic mass is 16.5. The van der Waals surface area contributed by atoms with Gasteiger partial charge in [0.25, 0.3) is 0 Å². The van der Waals surface area contributed by atoms with Gasteiger partial charge in [0.05, 0.1) is 34.9 Å². The minimum absolute atomic E-state index is 0.00162. The third-order valence-corrected chi connectivity index (χ3v) is 14.6. The minimum Gasteiger partial charge on any atom is -0.461 e. The normalized spacial score (nSPS) is 54.0. The van der Waals surface area contributed by atoms with Gasteiger partial charge in [-0.25, -0.2) is 0 Å². The molecular weight excluding hydrogens is 516 g/mol. The molecule has 0 bridgehead atoms. The fourth-order valence-electron chi connectivity index (χ4n) is 12.6. The predicted molar refractivity (Wildman–Crippen MR) is 158 cm³/mol. The van der Waals surface area contributed by atoms with Crippen molar-refractivity contribution in [1.29, 1.82) is 0 Å². The van der Waals surface area contributed by atoms with Gasteiger partial charge in [-0.2, -0.15) is 0 Å². The van der Waals surface area contributed by atoms with Crippen molar-refractivity contribution in [3.8, 4) is 0 Å². The molecule has 1 aliphatic heterocycles. The molecule has 6 fully saturated rings. The summed E-state index contributed by atoms with van der Waals surface area (Å²) in [6.07, 6.45) is 7.04. The van der Waals surface area contributed by atoms with Gasteiger partial charge >= 0.3 is 5.97 Å². The molecule has 0 aromatic heterocycles. The molecule has 6 heteroatoms. The zero-order valence-corrected chi connectivity index (χ0v) is 27.5. The van der Waals surface area contributed by atoms with Crippen molar-refractivity contribution in [2.75, 3.05) is 0 Å². The average molecular weight is 575 g/mol. The molecule has 12 atom stereocenters. The van der Waals surface area contributed by atoms with Crippen molar-refractivity contribution < 1.29 is 29.6 Å². The van der Waals surface area contributed by atoms with Gasteiger partial charge < -0.3 is 24.8 Å². The lowest BCUT2D eigenvalue weighted by Gasteiger charge is -2.64. The van der Waals surface area contributed by atoms with Crippen LogP contribution in [0.25, 0.3) is 0 Å². The zero-order valence-electron chi connectivity index (χ0n) is 27.5. The molecule has 6 rings (SSSR count). The lowest BCUT2D eigenvalue weighted by atomic mass is 9.41. The summed E-state index contributed by atoms with van der Waals surface area (Å²) in [6.45, 7) is 20.9. The molecule has 6 aliphatic rings. The van der Waals surface area contributed by atoms with Crippen molar-refractivity contribution >= 4 is 5.97 Å². The van der Waals surface area contributed by atoms with Gasteiger partial charge in [-0.3, -0.25) is 4.79 Å². The molecule has 5 saturated carbocycles. The van der Waals surface area contributed by atoms with Crippen molar-refractivity contribution in [2.24, 2.45) is 50.2 Å². The zero-order chi connectivity index (χ0) is 30.4. The van der Waals surface area contributed by atoms with Gasteiger partial charge in [0, 0.05) is 11.3 Å². The van der Waals surface area contributed by atoms with Crippen LogP contribution in [0.5, 0.6) is 0 Å². The average Bonchev–Trinajstić information content (AvgIpc) is 3.17. The van der Waals surface area contributed by atoms with E-state index in [1.807, 2.05) is 34.6 Å². The number of rotatable bonds is 3. The molecule has 5 aliphatic carbocycles. The second-order valence-corrected chi connectivity index (χ2v) is 18.5. The quantitative estimate of drug-likeness (QED) is 0.356. The molecule has 0 aromatic rings. The number of hydrogen-bond donors (Lipinski definition) is 3. The maximum atomic E-state index is 12.9. The van der Waals surface area contributed by atoms with Crippen LogP contribution < -0.4 is 0 Å². The van der Waals surface area contributed by atoms with Crippen LogP contribution in [-0.2, 0) is 14.3 Å². The lowest BCUT2D eigenvalue weighted by Crippen LogP contribution is -2.62. The first-order valence-corrected chi connectivity index (χ1v) is 16.6. The summed E-state index contributed by atoms with van der Waals surface area (Å²) < 4.78 is 12.9. The number of aliphatic hydroxyl groups is 3. The standard InChI is InChI=1S/C35H58O6/c1-28(2,3)27(38)40-23-12-14-35-19-34(35)16-15-31(8)26(33(10)13-11-24(41-33)30(6,7)39)21(37)18-32(31,9)22(34)17-20(36)25(35)29(23,4)5/h20-26,36-37,39H,11-19H2,1-10H3/t20-,21-,22-,23-,24-,25-,26-,31+,32-,33+,34-,35?/m0/s1. The van der Waals surface area contributed by atoms with Crippen LogP contribution in [-0.4, -0.2) is 56.9 Å². The van der Waals surface area contributed by atoms with Gasteiger partial charge in [-0.15, -0.1) is 0 Å². The number of esters is 1. The maximum absolute atomic E-state index is 12.9. The molecule has 2 spiro atoms. The van der Waals surface area contributed by atoms with E-state index in [0.717, 1.165) is 57.8 Å². The maximum Gasteiger partial charge on any atom is 0.311 e. The SMILES string of the molecule is CC(C)(C)C(=O)O[C@H]1CCC23C[C@]24CC[C@]2(C)[C@@H]([C@@]5(C)CC[C@@H](C(C)(C)O)O5)[C@@H](O)C[C@@]2(C)[C@@H]4C[C@H](O)[C@H]3C1(C)C. The number of aliphatic hydroxyl groups excluding tert-OH is 2. The number of carbonyl (C=O) groups excluding carboxylic acids is 1. The van der Waals surface area contributed by atoms with Crippen LogP contribution in [0, 0.1) is 50.2 Å². The Morgan fingerprint density at radius 3 is 2.07 bits per heavy atom. The molecular formula is C35H58O6. The van der Waals surface area contributed by atoms with Crippen molar-refractivity contribution in [3.05, 3.63) is 0 Å². The van der Waals surface area contributed by atoms with Gasteiger partial charge in [0.2, 0.25) is 0 Å². The number of ether oxygens (including phenoxy) is 2. The molecule has 1 saturated heterocycles. The summed E-state index contributed by atoms with van der Waals surface area (Å²) >= 11 is 0. The molecule has 234 valence electrons. The first kappa shape index (κ1) is 30.3. The van der Waals surface area contributed by atoms with E-state index < -0.39 is 28.8 Å². The molecule has 3 N–H and O–H groups in total. The van der Waals surface area contributed by atoms with Gasteiger partial charge in [-0.1, -0.05) is 27.7 Å². The second-order valence-electron chi connectivity index (χ2n) is 18.5. The number of hydrogen-bond acceptors (Lipinski definition) is 6. The van der Waals surface area contributed by atoms with Gasteiger partial charge in [0.1, 0.15) is 6.10 Å². The molecule has 41 heavy (non-hydrogen) atoms. The van der Waals surface area contributed by atoms with E-state index in [1.165, 1.54) is 0 Å². The van der Waals surface area contributed by atoms with E-state index in [4.69, 9.17) is 9.47 Å². The number of carbonyl (C=O) groups is 1. The van der Waals surface area contributed by atoms with Crippen molar-refractivity contribution in [1.82, 2.24) is 0 Å². The molecule has 1 unspecified atom stereocenters. The van der Waals surface area contributed by atoms with Gasteiger partial charge in [-0.05, 0) is 133 Å². The fraction of sp³-hybridized carbons (Fsp3) is 0.971. The van der Waals surface area contributed by atoms with Crippen molar-refractivity contribution in [2.45, 2.75) is 163 Å². The highest BCUT2D eigenvalue weighted by molar-refractivity contribution is 5.75. The highest BCUT2D eigenvalue weighted by Gasteiger charge is 2.85. The Balaban J connectivity index is 1.31. The fourth-order valence-corrected chi connectivity index (χ4v) is 12.6. The Hall–Kier alpha value is -0.690. The third-order valence-electron chi connectivity index (χ3n) is 14.6. The van der Waals surface area contributed by atoms with Crippen molar-refractivity contribution in [3.63, 3.8) is 0 Å². The third kappa shape index (κ3) is 3.78. The summed E-state index contributed by atoms with van der Waals surface area (Å²) in [5, 5.41) is 34.7. The van der Waals surface area contributed by atoms with E-state index >= 15 is 0 Å². The topological polar surface area (TPSA) is 96.2 Å². The van der Waals surface area contributed by atoms with E-state index in [1.54, 1.807) is 0 Å². The second kappa shape index (κ2) is 8.52. The molecule has 0 amide bonds. The van der Waals surface area contributed by atoms with E-state index in [2.05, 4.69) is 34.6 Å². The number of fused-ring (bicyclic) bond motifs is 2. The smallest absolute Gasteiger partial charge is 0.311 e. The lowest BCUT2D eigenvalue weighted by molar-refractivity contribution is -0.220. The Bertz CT molecular complexity index is 1100. The van der Waals surface area contributed by atoms with Crippen LogP contribution in [0.15, 0.2) is 0 Å². The van der Waals surface area contributed by atoms with E-state index in [-0.39, 0.29) is 57.1 Å². The Kier molecular flexibility index (Phi) is 6.30. The molecule has 0 aromatic carbocycles. The summed E-state index contributed by atoms with van der Waals surface area (Å²) in [6, 6.07) is 0. The Morgan fingerprint density at radius 1 is 0.829 bits per heavy atom.